The molecule has 7 nitrogen and oxygen atoms in total. The first kappa shape index (κ1) is 21.1. The number of aromatic nitrogens is 2. The molecule has 2 fully saturated rings. The number of amides is 1. The average molecular weight is 456 g/mol. The quantitative estimate of drug-likeness (QED) is 0.407. The van der Waals surface area contributed by atoms with Crippen LogP contribution in [0, 0.1) is 11.7 Å². The van der Waals surface area contributed by atoms with Crippen LogP contribution in [0.5, 0.6) is 0 Å². The minimum Gasteiger partial charge on any atom is -0.352 e. The maximum Gasteiger partial charge on any atom is 0.240 e. The third-order valence-electron chi connectivity index (χ3n) is 6.41. The van der Waals surface area contributed by atoms with E-state index < -0.39 is 5.82 Å². The van der Waals surface area contributed by atoms with Gasteiger partial charge in [-0.3, -0.25) is 20.4 Å². The number of rotatable bonds is 5. The second-order valence-corrected chi connectivity index (χ2v) is 8.83. The van der Waals surface area contributed by atoms with E-state index in [9.17, 15) is 14.0 Å². The number of hydrazine groups is 1. The maximum atomic E-state index is 13.3. The Hall–Kier alpha value is -2.81. The topological polar surface area (TPSA) is 88.0 Å². The van der Waals surface area contributed by atoms with E-state index in [1.165, 1.54) is 30.5 Å². The van der Waals surface area contributed by atoms with E-state index in [1.54, 1.807) is 16.8 Å². The molecule has 3 aromatic rings. The van der Waals surface area contributed by atoms with Gasteiger partial charge in [-0.25, -0.2) is 9.37 Å². The highest BCUT2D eigenvalue weighted by molar-refractivity contribution is 6.34. The van der Waals surface area contributed by atoms with Gasteiger partial charge in [-0.05, 0) is 55.5 Å². The molecule has 2 aliphatic rings. The van der Waals surface area contributed by atoms with Crippen LogP contribution < -0.4 is 16.2 Å². The van der Waals surface area contributed by atoms with Crippen LogP contribution in [0.4, 0.5) is 4.39 Å². The van der Waals surface area contributed by atoms with E-state index in [2.05, 4.69) is 21.2 Å². The SMILES string of the molecule is O=C(Cn1cc(C(=O)c2ccc(F)cc2)c2ccnc(Cl)c21)NC1CCC2NNCC2C1. The highest BCUT2D eigenvalue weighted by Crippen LogP contribution is 2.29. The van der Waals surface area contributed by atoms with Crippen molar-refractivity contribution in [2.75, 3.05) is 6.54 Å². The molecule has 1 saturated carbocycles. The molecule has 1 aromatic carbocycles. The van der Waals surface area contributed by atoms with Crippen molar-refractivity contribution in [3.05, 3.63) is 64.8 Å². The molecule has 3 N–H and O–H groups in total. The molecule has 1 saturated heterocycles. The third-order valence-corrected chi connectivity index (χ3v) is 6.68. The van der Waals surface area contributed by atoms with Crippen molar-refractivity contribution in [2.24, 2.45) is 5.92 Å². The Balaban J connectivity index is 1.38. The molecule has 9 heteroatoms. The number of hydrogen-bond acceptors (Lipinski definition) is 5. The zero-order valence-electron chi connectivity index (χ0n) is 17.3. The molecule has 32 heavy (non-hydrogen) atoms. The number of nitrogens with one attached hydrogen (secondary N) is 3. The largest absolute Gasteiger partial charge is 0.352 e. The smallest absolute Gasteiger partial charge is 0.240 e. The van der Waals surface area contributed by atoms with Gasteiger partial charge in [0.15, 0.2) is 10.9 Å². The van der Waals surface area contributed by atoms with E-state index in [-0.39, 0.29) is 29.4 Å². The number of carbonyl (C=O) groups is 2. The van der Waals surface area contributed by atoms with Crippen molar-refractivity contribution >= 4 is 34.2 Å². The molecule has 1 aliphatic carbocycles. The van der Waals surface area contributed by atoms with E-state index in [1.807, 2.05) is 0 Å². The molecule has 0 radical (unpaired) electrons. The Morgan fingerprint density at radius 3 is 2.84 bits per heavy atom. The van der Waals surface area contributed by atoms with Gasteiger partial charge in [-0.2, -0.15) is 0 Å². The highest BCUT2D eigenvalue weighted by Gasteiger charge is 2.34. The molecule has 0 bridgehead atoms. The summed E-state index contributed by atoms with van der Waals surface area (Å²) in [5.74, 6) is -0.299. The Bertz CT molecular complexity index is 1180. The minimum absolute atomic E-state index is 0.0275. The fraction of sp³-hybridized carbons (Fsp3) is 0.348. The predicted octanol–water partition coefficient (Wildman–Crippen LogP) is 2.82. The summed E-state index contributed by atoms with van der Waals surface area (Å²) in [7, 11) is 0. The minimum atomic E-state index is -0.411. The molecule has 1 aliphatic heterocycles. The van der Waals surface area contributed by atoms with Gasteiger partial charge < -0.3 is 9.88 Å². The third kappa shape index (κ3) is 4.01. The first-order valence-electron chi connectivity index (χ1n) is 10.7. The van der Waals surface area contributed by atoms with Crippen molar-refractivity contribution in [3.8, 4) is 0 Å². The normalized spacial score (nSPS) is 22.6. The predicted molar refractivity (Wildman–Crippen MR) is 119 cm³/mol. The molecular weight excluding hydrogens is 433 g/mol. The number of nitrogens with zero attached hydrogens (tertiary/aromatic N) is 2. The monoisotopic (exact) mass is 455 g/mol. The van der Waals surface area contributed by atoms with Crippen molar-refractivity contribution in [1.82, 2.24) is 25.7 Å². The van der Waals surface area contributed by atoms with Gasteiger partial charge >= 0.3 is 0 Å². The standard InChI is InChI=1S/C23H23ClFN5O2/c24-23-21-17(7-8-26-23)18(22(32)13-1-3-15(25)4-2-13)11-30(21)12-20(31)28-16-5-6-19-14(9-16)10-27-29-19/h1-4,7-8,11,14,16,19,27,29H,5-6,9-10,12H2,(H,28,31). The van der Waals surface area contributed by atoms with Gasteiger partial charge in [-0.1, -0.05) is 11.6 Å². The van der Waals surface area contributed by atoms with Crippen molar-refractivity contribution in [1.29, 1.82) is 0 Å². The van der Waals surface area contributed by atoms with Crippen molar-refractivity contribution in [2.45, 2.75) is 37.9 Å². The zero-order chi connectivity index (χ0) is 22.2. The lowest BCUT2D eigenvalue weighted by Gasteiger charge is -2.31. The van der Waals surface area contributed by atoms with E-state index in [0.717, 1.165) is 25.8 Å². The lowest BCUT2D eigenvalue weighted by molar-refractivity contribution is -0.122. The molecular formula is C23H23ClFN5O2. The number of fused-ring (bicyclic) bond motifs is 2. The first-order chi connectivity index (χ1) is 15.5. The van der Waals surface area contributed by atoms with Crippen LogP contribution in [0.3, 0.4) is 0 Å². The molecule has 1 amide bonds. The van der Waals surface area contributed by atoms with Crippen LogP contribution in [-0.2, 0) is 11.3 Å². The summed E-state index contributed by atoms with van der Waals surface area (Å²) in [6.45, 7) is 0.940. The molecule has 3 atom stereocenters. The van der Waals surface area contributed by atoms with E-state index in [4.69, 9.17) is 11.6 Å². The summed E-state index contributed by atoms with van der Waals surface area (Å²) in [5, 5.41) is 3.96. The summed E-state index contributed by atoms with van der Waals surface area (Å²) in [6, 6.07) is 7.69. The average Bonchev–Trinajstić information content (AvgIpc) is 3.39. The molecule has 2 aromatic heterocycles. The lowest BCUT2D eigenvalue weighted by Crippen LogP contribution is -2.44. The number of hydrogen-bond donors (Lipinski definition) is 3. The fourth-order valence-corrected chi connectivity index (χ4v) is 5.10. The number of halogens is 2. The maximum absolute atomic E-state index is 13.3. The molecule has 166 valence electrons. The van der Waals surface area contributed by atoms with Gasteiger partial charge in [0.1, 0.15) is 12.4 Å². The van der Waals surface area contributed by atoms with Gasteiger partial charge in [-0.15, -0.1) is 0 Å². The van der Waals surface area contributed by atoms with Gasteiger partial charge in [0.2, 0.25) is 5.91 Å². The van der Waals surface area contributed by atoms with Crippen LogP contribution in [0.25, 0.3) is 10.9 Å². The Labute approximate surface area is 189 Å². The van der Waals surface area contributed by atoms with Gasteiger partial charge in [0.05, 0.1) is 5.52 Å². The van der Waals surface area contributed by atoms with Crippen LogP contribution in [-0.4, -0.2) is 39.9 Å². The Morgan fingerprint density at radius 1 is 1.22 bits per heavy atom. The molecule has 3 heterocycles. The van der Waals surface area contributed by atoms with Crippen LogP contribution in [0.15, 0.2) is 42.7 Å². The Morgan fingerprint density at radius 2 is 2.03 bits per heavy atom. The summed E-state index contributed by atoms with van der Waals surface area (Å²) in [6.07, 6.45) is 6.02. The zero-order valence-corrected chi connectivity index (χ0v) is 18.0. The summed E-state index contributed by atoms with van der Waals surface area (Å²) < 4.78 is 14.9. The number of carbonyl (C=O) groups excluding carboxylic acids is 2. The number of ketones is 1. The van der Waals surface area contributed by atoms with E-state index >= 15 is 0 Å². The molecule has 5 rings (SSSR count). The summed E-state index contributed by atoms with van der Waals surface area (Å²) in [5.41, 5.74) is 7.77. The fourth-order valence-electron chi connectivity index (χ4n) is 4.83. The summed E-state index contributed by atoms with van der Waals surface area (Å²) >= 11 is 6.34. The second kappa shape index (κ2) is 8.61. The second-order valence-electron chi connectivity index (χ2n) is 8.47. The van der Waals surface area contributed by atoms with Crippen molar-refractivity contribution in [3.63, 3.8) is 0 Å². The number of pyridine rings is 1. The van der Waals surface area contributed by atoms with Crippen LogP contribution >= 0.6 is 11.6 Å². The lowest BCUT2D eigenvalue weighted by atomic mass is 9.83. The summed E-state index contributed by atoms with van der Waals surface area (Å²) in [4.78, 5) is 30.1. The molecule has 3 unspecified atom stereocenters. The number of benzene rings is 1. The van der Waals surface area contributed by atoms with Crippen molar-refractivity contribution < 1.29 is 14.0 Å². The molecule has 0 spiro atoms. The van der Waals surface area contributed by atoms with Crippen LogP contribution in [0.2, 0.25) is 5.15 Å². The van der Waals surface area contributed by atoms with Crippen LogP contribution in [0.1, 0.15) is 35.2 Å². The Kier molecular flexibility index (Phi) is 5.67. The van der Waals surface area contributed by atoms with Gasteiger partial charge in [0, 0.05) is 47.5 Å². The van der Waals surface area contributed by atoms with E-state index in [0.29, 0.717) is 34.0 Å². The highest BCUT2D eigenvalue weighted by atomic mass is 35.5. The first-order valence-corrected chi connectivity index (χ1v) is 11.1. The van der Waals surface area contributed by atoms with Gasteiger partial charge in [0.25, 0.3) is 0 Å².